The zero-order valence-corrected chi connectivity index (χ0v) is 16.0. The molecule has 0 aromatic carbocycles. The summed E-state index contributed by atoms with van der Waals surface area (Å²) in [5.41, 5.74) is 0. The first-order chi connectivity index (χ1) is 10.7. The molecule has 0 amide bonds. The summed E-state index contributed by atoms with van der Waals surface area (Å²) in [6.07, 6.45) is 5.89. The van der Waals surface area contributed by atoms with Crippen molar-refractivity contribution in [2.45, 2.75) is 53.0 Å². The third-order valence-electron chi connectivity index (χ3n) is 3.82. The predicted octanol–water partition coefficient (Wildman–Crippen LogP) is 2.58. The molecule has 0 aromatic heterocycles. The van der Waals surface area contributed by atoms with Crippen molar-refractivity contribution in [3.63, 3.8) is 0 Å². The molecule has 6 heteroatoms. The molecule has 0 saturated heterocycles. The van der Waals surface area contributed by atoms with Crippen LogP contribution in [0.5, 0.6) is 0 Å². The molecule has 0 radical (unpaired) electrons. The summed E-state index contributed by atoms with van der Waals surface area (Å²) in [7, 11) is -2.46. The molecule has 22 heavy (non-hydrogen) atoms. The molecular weight excluding hydrogens is 296 g/mol. The van der Waals surface area contributed by atoms with Crippen LogP contribution in [0, 0.1) is 0 Å². The Balaban J connectivity index is 2.41. The average molecular weight is 332 g/mol. The maximum absolute atomic E-state index is 5.90. The zero-order chi connectivity index (χ0) is 16.3. The molecule has 130 valence electrons. The third-order valence-corrected chi connectivity index (χ3v) is 6.97. The number of unbranched alkanes of at least 4 members (excludes halogenated alkanes) is 1. The molecule has 0 atom stereocenters. The monoisotopic (exact) mass is 331 g/mol. The highest BCUT2D eigenvalue weighted by Gasteiger charge is 2.40. The van der Waals surface area contributed by atoms with Crippen LogP contribution in [0.1, 0.15) is 47.0 Å². The van der Waals surface area contributed by atoms with Crippen LogP contribution in [0.15, 0.2) is 0 Å². The summed E-state index contributed by atoms with van der Waals surface area (Å²) in [6, 6.07) is 0.905. The molecule has 1 rings (SSSR count). The van der Waals surface area contributed by atoms with E-state index in [0.29, 0.717) is 19.8 Å². The van der Waals surface area contributed by atoms with E-state index in [1.165, 1.54) is 19.4 Å². The molecule has 1 heterocycles. The number of hydrogen-bond donors (Lipinski definition) is 0. The molecule has 0 fully saturated rings. The van der Waals surface area contributed by atoms with Gasteiger partial charge in [0.05, 0.1) is 13.1 Å². The highest BCUT2D eigenvalue weighted by molar-refractivity contribution is 6.60. The quantitative estimate of drug-likeness (QED) is 0.384. The van der Waals surface area contributed by atoms with Crippen molar-refractivity contribution in [3.05, 3.63) is 0 Å². The fourth-order valence-corrected chi connectivity index (χ4v) is 5.40. The molecule has 0 saturated carbocycles. The topological polar surface area (TPSA) is 33.9 Å². The molecule has 1 aliphatic rings. The Morgan fingerprint density at radius 3 is 2.18 bits per heavy atom. The van der Waals surface area contributed by atoms with Gasteiger partial charge in [-0.25, -0.2) is 0 Å². The number of rotatable bonds is 13. The van der Waals surface area contributed by atoms with Gasteiger partial charge in [-0.2, -0.15) is 0 Å². The van der Waals surface area contributed by atoms with Gasteiger partial charge in [0.2, 0.25) is 6.34 Å². The van der Waals surface area contributed by atoms with E-state index < -0.39 is 8.80 Å². The van der Waals surface area contributed by atoms with Gasteiger partial charge in [0, 0.05) is 25.9 Å². The van der Waals surface area contributed by atoms with E-state index >= 15 is 0 Å². The first-order valence-electron chi connectivity index (χ1n) is 8.94. The molecular formula is C16H35N2O3Si+. The number of nitrogens with zero attached hydrogens (tertiary/aromatic N) is 2. The van der Waals surface area contributed by atoms with Crippen molar-refractivity contribution in [2.75, 3.05) is 46.0 Å². The van der Waals surface area contributed by atoms with Gasteiger partial charge >= 0.3 is 8.80 Å². The summed E-state index contributed by atoms with van der Waals surface area (Å²) in [5, 5.41) is 0. The van der Waals surface area contributed by atoms with Gasteiger partial charge in [0.1, 0.15) is 13.1 Å². The predicted molar refractivity (Wildman–Crippen MR) is 92.6 cm³/mol. The van der Waals surface area contributed by atoms with Crippen LogP contribution >= 0.6 is 0 Å². The minimum Gasteiger partial charge on any atom is -0.374 e. The van der Waals surface area contributed by atoms with Gasteiger partial charge in [-0.15, -0.1) is 0 Å². The lowest BCUT2D eigenvalue weighted by Crippen LogP contribution is -2.46. The largest absolute Gasteiger partial charge is 0.501 e. The highest BCUT2D eigenvalue weighted by atomic mass is 28.4. The normalized spacial score (nSPS) is 15.5. The van der Waals surface area contributed by atoms with E-state index in [9.17, 15) is 0 Å². The molecule has 0 bridgehead atoms. The Morgan fingerprint density at radius 1 is 1.00 bits per heavy atom. The SMILES string of the molecule is CCCCN1C=[N+](CCC[Si](OCC)(OCC)OCC)CC1. The summed E-state index contributed by atoms with van der Waals surface area (Å²) in [4.78, 5) is 2.43. The van der Waals surface area contributed by atoms with Crippen LogP contribution in [0.3, 0.4) is 0 Å². The summed E-state index contributed by atoms with van der Waals surface area (Å²) >= 11 is 0. The summed E-state index contributed by atoms with van der Waals surface area (Å²) in [5.74, 6) is 0. The molecule has 0 aliphatic carbocycles. The third kappa shape index (κ3) is 6.77. The van der Waals surface area contributed by atoms with Crippen LogP contribution in [0.2, 0.25) is 6.04 Å². The van der Waals surface area contributed by atoms with Gasteiger partial charge in [0.25, 0.3) is 0 Å². The zero-order valence-electron chi connectivity index (χ0n) is 15.0. The van der Waals surface area contributed by atoms with E-state index in [0.717, 1.165) is 32.1 Å². The highest BCUT2D eigenvalue weighted by Crippen LogP contribution is 2.18. The van der Waals surface area contributed by atoms with E-state index in [1.807, 2.05) is 20.8 Å². The second-order valence-electron chi connectivity index (χ2n) is 5.63. The maximum Gasteiger partial charge on any atom is 0.501 e. The van der Waals surface area contributed by atoms with Crippen molar-refractivity contribution in [1.82, 2.24) is 4.90 Å². The van der Waals surface area contributed by atoms with Crippen molar-refractivity contribution in [2.24, 2.45) is 0 Å². The smallest absolute Gasteiger partial charge is 0.374 e. The van der Waals surface area contributed by atoms with Crippen LogP contribution in [-0.4, -0.2) is 70.6 Å². The van der Waals surface area contributed by atoms with E-state index in [1.54, 1.807) is 0 Å². The van der Waals surface area contributed by atoms with Crippen molar-refractivity contribution >= 4 is 15.1 Å². The van der Waals surface area contributed by atoms with Crippen molar-refractivity contribution < 1.29 is 17.9 Å². The Bertz CT molecular complexity index is 309. The first kappa shape index (κ1) is 19.6. The summed E-state index contributed by atoms with van der Waals surface area (Å²) in [6.45, 7) is 14.8. The molecule has 0 unspecified atom stereocenters. The van der Waals surface area contributed by atoms with Gasteiger partial charge in [0.15, 0.2) is 0 Å². The van der Waals surface area contributed by atoms with E-state index in [2.05, 4.69) is 22.7 Å². The fourth-order valence-electron chi connectivity index (χ4n) is 2.80. The van der Waals surface area contributed by atoms with Gasteiger partial charge in [-0.3, -0.25) is 9.48 Å². The van der Waals surface area contributed by atoms with E-state index in [-0.39, 0.29) is 0 Å². The van der Waals surface area contributed by atoms with Crippen molar-refractivity contribution in [3.8, 4) is 0 Å². The molecule has 0 spiro atoms. The second-order valence-corrected chi connectivity index (χ2v) is 8.36. The maximum atomic E-state index is 5.90. The first-order valence-corrected chi connectivity index (χ1v) is 10.9. The van der Waals surface area contributed by atoms with Crippen LogP contribution in [0.25, 0.3) is 0 Å². The Labute approximate surface area is 137 Å². The van der Waals surface area contributed by atoms with Crippen molar-refractivity contribution in [1.29, 1.82) is 0 Å². The number of hydrogen-bond acceptors (Lipinski definition) is 4. The van der Waals surface area contributed by atoms with Crippen LogP contribution in [-0.2, 0) is 13.3 Å². The van der Waals surface area contributed by atoms with Crippen LogP contribution < -0.4 is 0 Å². The molecule has 0 N–H and O–H groups in total. The molecule has 0 aromatic rings. The lowest BCUT2D eigenvalue weighted by atomic mass is 10.3. The lowest BCUT2D eigenvalue weighted by molar-refractivity contribution is -0.513. The molecule has 5 nitrogen and oxygen atoms in total. The van der Waals surface area contributed by atoms with E-state index in [4.69, 9.17) is 13.3 Å². The Hall–Kier alpha value is -0.433. The average Bonchev–Trinajstić information content (AvgIpc) is 2.94. The lowest BCUT2D eigenvalue weighted by Gasteiger charge is -2.28. The minimum atomic E-state index is -2.46. The fraction of sp³-hybridized carbons (Fsp3) is 0.938. The Morgan fingerprint density at radius 2 is 1.64 bits per heavy atom. The standard InChI is InChI=1S/C16H35N2O3Si/c1-5-9-11-17-13-14-18(16-17)12-10-15-22(19-6-2,20-7-3)21-8-4/h16H,5-15H2,1-4H3/q+1. The second kappa shape index (κ2) is 11.2. The minimum absolute atomic E-state index is 0.660. The van der Waals surface area contributed by atoms with Gasteiger partial charge in [-0.05, 0) is 33.6 Å². The van der Waals surface area contributed by atoms with Gasteiger partial charge in [-0.1, -0.05) is 13.3 Å². The Kier molecular flexibility index (Phi) is 9.95. The van der Waals surface area contributed by atoms with Gasteiger partial charge < -0.3 is 13.3 Å². The van der Waals surface area contributed by atoms with Crippen LogP contribution in [0.4, 0.5) is 0 Å². The molecule has 1 aliphatic heterocycles. The summed E-state index contributed by atoms with van der Waals surface area (Å²) < 4.78 is 20.1.